The fourth-order valence-corrected chi connectivity index (χ4v) is 2.65. The Morgan fingerprint density at radius 1 is 1.05 bits per heavy atom. The molecule has 98 valence electrons. The number of hydrogen-bond donors (Lipinski definition) is 0. The first-order valence-electron chi connectivity index (χ1n) is 6.35. The highest BCUT2D eigenvalue weighted by molar-refractivity contribution is 9.10. The lowest BCUT2D eigenvalue weighted by atomic mass is 10.0. The normalized spacial score (nSPS) is 10.7. The number of fused-ring (bicyclic) bond motifs is 1. The van der Waals surface area contributed by atoms with E-state index in [4.69, 9.17) is 0 Å². The molecule has 0 fully saturated rings. The largest absolute Gasteiger partial charge is 0.294 e. The molecular formula is C17H12BrNO. The minimum Gasteiger partial charge on any atom is -0.294 e. The van der Waals surface area contributed by atoms with Gasteiger partial charge >= 0.3 is 0 Å². The SMILES string of the molecule is O=C(Cc1ccnc2ccccc12)c1cccc(Br)c1. The van der Waals surface area contributed by atoms with E-state index >= 15 is 0 Å². The summed E-state index contributed by atoms with van der Waals surface area (Å²) in [6, 6.07) is 17.3. The van der Waals surface area contributed by atoms with Gasteiger partial charge in [0.1, 0.15) is 0 Å². The maximum absolute atomic E-state index is 12.4. The summed E-state index contributed by atoms with van der Waals surface area (Å²) in [6.45, 7) is 0. The summed E-state index contributed by atoms with van der Waals surface area (Å²) in [7, 11) is 0. The molecule has 0 aliphatic rings. The Hall–Kier alpha value is -2.00. The van der Waals surface area contributed by atoms with E-state index in [0.29, 0.717) is 6.42 Å². The van der Waals surface area contributed by atoms with E-state index in [2.05, 4.69) is 20.9 Å². The van der Waals surface area contributed by atoms with Crippen LogP contribution in [0.15, 0.2) is 65.3 Å². The zero-order valence-electron chi connectivity index (χ0n) is 10.7. The van der Waals surface area contributed by atoms with Crippen molar-refractivity contribution in [1.82, 2.24) is 4.98 Å². The fraction of sp³-hybridized carbons (Fsp3) is 0.0588. The smallest absolute Gasteiger partial charge is 0.167 e. The summed E-state index contributed by atoms with van der Waals surface area (Å²) in [5.74, 6) is 0.114. The summed E-state index contributed by atoms with van der Waals surface area (Å²) in [4.78, 5) is 16.7. The van der Waals surface area contributed by atoms with Crippen LogP contribution in [0.25, 0.3) is 10.9 Å². The third-order valence-corrected chi connectivity index (χ3v) is 3.73. The van der Waals surface area contributed by atoms with E-state index in [0.717, 1.165) is 26.5 Å². The number of benzene rings is 2. The molecule has 0 aliphatic heterocycles. The van der Waals surface area contributed by atoms with E-state index in [1.54, 1.807) is 6.20 Å². The van der Waals surface area contributed by atoms with Gasteiger partial charge in [-0.05, 0) is 29.8 Å². The van der Waals surface area contributed by atoms with Gasteiger partial charge in [-0.25, -0.2) is 0 Å². The van der Waals surface area contributed by atoms with Crippen LogP contribution in [0.4, 0.5) is 0 Å². The number of pyridine rings is 1. The highest BCUT2D eigenvalue weighted by Gasteiger charge is 2.10. The highest BCUT2D eigenvalue weighted by Crippen LogP contribution is 2.19. The van der Waals surface area contributed by atoms with Crippen molar-refractivity contribution in [3.8, 4) is 0 Å². The van der Waals surface area contributed by atoms with Gasteiger partial charge in [-0.1, -0.05) is 46.3 Å². The Bertz CT molecular complexity index is 777. The quantitative estimate of drug-likeness (QED) is 0.667. The number of carbonyl (C=O) groups is 1. The maximum atomic E-state index is 12.4. The van der Waals surface area contributed by atoms with Gasteiger partial charge in [0.2, 0.25) is 0 Å². The molecule has 0 spiro atoms. The lowest BCUT2D eigenvalue weighted by Gasteiger charge is -2.06. The van der Waals surface area contributed by atoms with Crippen LogP contribution in [0.3, 0.4) is 0 Å². The lowest BCUT2D eigenvalue weighted by molar-refractivity contribution is 0.0993. The molecule has 0 saturated carbocycles. The van der Waals surface area contributed by atoms with Gasteiger partial charge < -0.3 is 0 Å². The third kappa shape index (κ3) is 2.63. The fourth-order valence-electron chi connectivity index (χ4n) is 2.25. The van der Waals surface area contributed by atoms with Crippen molar-refractivity contribution in [2.45, 2.75) is 6.42 Å². The van der Waals surface area contributed by atoms with Gasteiger partial charge in [0.25, 0.3) is 0 Å². The Morgan fingerprint density at radius 3 is 2.75 bits per heavy atom. The van der Waals surface area contributed by atoms with Gasteiger partial charge in [-0.15, -0.1) is 0 Å². The minimum absolute atomic E-state index is 0.114. The number of carbonyl (C=O) groups excluding carboxylic acids is 1. The summed E-state index contributed by atoms with van der Waals surface area (Å²) in [5, 5.41) is 1.04. The first-order chi connectivity index (χ1) is 9.74. The van der Waals surface area contributed by atoms with Crippen LogP contribution in [-0.4, -0.2) is 10.8 Å². The third-order valence-electron chi connectivity index (χ3n) is 3.24. The van der Waals surface area contributed by atoms with E-state index < -0.39 is 0 Å². The van der Waals surface area contributed by atoms with Crippen molar-refractivity contribution < 1.29 is 4.79 Å². The molecule has 0 N–H and O–H groups in total. The molecule has 3 rings (SSSR count). The van der Waals surface area contributed by atoms with Crippen molar-refractivity contribution in [3.05, 3.63) is 76.4 Å². The van der Waals surface area contributed by atoms with Crippen molar-refractivity contribution >= 4 is 32.6 Å². The lowest BCUT2D eigenvalue weighted by Crippen LogP contribution is -2.04. The van der Waals surface area contributed by atoms with Crippen LogP contribution in [0.5, 0.6) is 0 Å². The molecule has 1 aromatic heterocycles. The summed E-state index contributed by atoms with van der Waals surface area (Å²) in [6.07, 6.45) is 2.14. The first kappa shape index (κ1) is 13.0. The number of ketones is 1. The van der Waals surface area contributed by atoms with E-state index in [1.165, 1.54) is 0 Å². The topological polar surface area (TPSA) is 30.0 Å². The second-order valence-corrected chi connectivity index (χ2v) is 5.51. The Morgan fingerprint density at radius 2 is 1.90 bits per heavy atom. The van der Waals surface area contributed by atoms with E-state index in [-0.39, 0.29) is 5.78 Å². The van der Waals surface area contributed by atoms with Gasteiger partial charge in [0.05, 0.1) is 5.52 Å². The van der Waals surface area contributed by atoms with Crippen molar-refractivity contribution in [3.63, 3.8) is 0 Å². The average molecular weight is 326 g/mol. The number of Topliss-reactive ketones (excluding diaryl/α,β-unsaturated/α-hetero) is 1. The standard InChI is InChI=1S/C17H12BrNO/c18-14-5-3-4-13(10-14)17(20)11-12-8-9-19-16-7-2-1-6-15(12)16/h1-10H,11H2. The van der Waals surface area contributed by atoms with Crippen molar-refractivity contribution in [2.24, 2.45) is 0 Å². The molecule has 0 saturated heterocycles. The Kier molecular flexibility index (Phi) is 3.61. The van der Waals surface area contributed by atoms with Gasteiger partial charge in [0, 0.05) is 28.0 Å². The number of aromatic nitrogens is 1. The van der Waals surface area contributed by atoms with Crippen LogP contribution in [0.2, 0.25) is 0 Å². The number of halogens is 1. The highest BCUT2D eigenvalue weighted by atomic mass is 79.9. The van der Waals surface area contributed by atoms with Gasteiger partial charge in [-0.3, -0.25) is 9.78 Å². The van der Waals surface area contributed by atoms with E-state index in [1.807, 2.05) is 54.6 Å². The molecule has 1 heterocycles. The molecule has 0 unspecified atom stereocenters. The van der Waals surface area contributed by atoms with Crippen LogP contribution in [0, 0.1) is 0 Å². The maximum Gasteiger partial charge on any atom is 0.167 e. The molecular weight excluding hydrogens is 314 g/mol. The zero-order chi connectivity index (χ0) is 13.9. The number of para-hydroxylation sites is 1. The summed E-state index contributed by atoms with van der Waals surface area (Å²) < 4.78 is 0.919. The predicted octanol–water partition coefficient (Wildman–Crippen LogP) is 4.42. The summed E-state index contributed by atoms with van der Waals surface area (Å²) >= 11 is 3.39. The number of hydrogen-bond acceptors (Lipinski definition) is 2. The monoisotopic (exact) mass is 325 g/mol. The molecule has 0 aliphatic carbocycles. The molecule has 2 aromatic carbocycles. The molecule has 20 heavy (non-hydrogen) atoms. The van der Waals surface area contributed by atoms with Crippen LogP contribution >= 0.6 is 15.9 Å². The molecule has 0 amide bonds. The van der Waals surface area contributed by atoms with Crippen LogP contribution in [0.1, 0.15) is 15.9 Å². The zero-order valence-corrected chi connectivity index (χ0v) is 12.3. The van der Waals surface area contributed by atoms with E-state index in [9.17, 15) is 4.79 Å². The second-order valence-electron chi connectivity index (χ2n) is 4.60. The van der Waals surface area contributed by atoms with Gasteiger partial charge in [0.15, 0.2) is 5.78 Å². The van der Waals surface area contributed by atoms with Gasteiger partial charge in [-0.2, -0.15) is 0 Å². The first-order valence-corrected chi connectivity index (χ1v) is 7.15. The Balaban J connectivity index is 1.95. The van der Waals surface area contributed by atoms with Crippen molar-refractivity contribution in [1.29, 1.82) is 0 Å². The second kappa shape index (κ2) is 5.55. The predicted molar refractivity (Wildman–Crippen MR) is 83.9 cm³/mol. The molecule has 3 heteroatoms. The molecule has 3 aromatic rings. The molecule has 2 nitrogen and oxygen atoms in total. The van der Waals surface area contributed by atoms with Crippen LogP contribution in [-0.2, 0) is 6.42 Å². The number of nitrogens with zero attached hydrogens (tertiary/aromatic N) is 1. The Labute approximate surface area is 125 Å². The van der Waals surface area contributed by atoms with Crippen LogP contribution < -0.4 is 0 Å². The minimum atomic E-state index is 0.114. The number of rotatable bonds is 3. The summed E-state index contributed by atoms with van der Waals surface area (Å²) in [5.41, 5.74) is 2.66. The average Bonchev–Trinajstić information content (AvgIpc) is 2.47. The molecule has 0 bridgehead atoms. The van der Waals surface area contributed by atoms with Crippen molar-refractivity contribution in [2.75, 3.05) is 0 Å². The molecule has 0 atom stereocenters. The molecule has 0 radical (unpaired) electrons.